The number of nitrogens with zero attached hydrogens (tertiary/aromatic N) is 1. The maximum Gasteiger partial charge on any atom is 0.426 e. The van der Waals surface area contributed by atoms with Crippen molar-refractivity contribution in [1.29, 1.82) is 0 Å². The largest absolute Gasteiger partial charge is 0.481 e. The molecule has 1 saturated heterocycles. The number of benzene rings is 2. The molecule has 1 heterocycles. The van der Waals surface area contributed by atoms with Crippen LogP contribution >= 0.6 is 0 Å². The van der Waals surface area contributed by atoms with Crippen molar-refractivity contribution < 1.29 is 32.3 Å². The topological polar surface area (TPSA) is 57.6 Å². The first-order chi connectivity index (χ1) is 18.3. The van der Waals surface area contributed by atoms with Gasteiger partial charge in [0, 0.05) is 23.9 Å². The van der Waals surface area contributed by atoms with Crippen molar-refractivity contribution in [1.82, 2.24) is 4.90 Å². The number of likely N-dealkylation sites (tertiary alicyclic amines) is 1. The number of rotatable bonds is 5. The van der Waals surface area contributed by atoms with Crippen LogP contribution in [0.1, 0.15) is 74.6 Å². The minimum Gasteiger partial charge on any atom is -0.481 e. The van der Waals surface area contributed by atoms with Gasteiger partial charge in [-0.1, -0.05) is 48.5 Å². The smallest absolute Gasteiger partial charge is 0.426 e. The van der Waals surface area contributed by atoms with E-state index in [1.165, 1.54) is 12.1 Å². The summed E-state index contributed by atoms with van der Waals surface area (Å²) in [6.45, 7) is 2.84. The zero-order valence-corrected chi connectivity index (χ0v) is 22.4. The number of carboxylic acids is 1. The Labute approximate surface area is 226 Å². The van der Waals surface area contributed by atoms with Crippen molar-refractivity contribution in [2.75, 3.05) is 6.54 Å². The quantitative estimate of drug-likeness (QED) is 0.424. The number of carbonyl (C=O) groups is 2. The van der Waals surface area contributed by atoms with Gasteiger partial charge in [-0.3, -0.25) is 9.59 Å². The van der Waals surface area contributed by atoms with Crippen LogP contribution in [0.15, 0.2) is 48.5 Å². The average molecular weight is 546 g/mol. The van der Waals surface area contributed by atoms with Gasteiger partial charge in [-0.2, -0.15) is 13.2 Å². The predicted molar refractivity (Wildman–Crippen MR) is 139 cm³/mol. The molecule has 1 N–H and O–H groups in total. The summed E-state index contributed by atoms with van der Waals surface area (Å²) < 4.78 is 55.3. The van der Waals surface area contributed by atoms with Gasteiger partial charge in [-0.25, -0.2) is 4.39 Å². The van der Waals surface area contributed by atoms with Crippen LogP contribution in [-0.4, -0.2) is 40.6 Å². The first kappa shape index (κ1) is 27.7. The fourth-order valence-electron chi connectivity index (χ4n) is 7.20. The third-order valence-electron chi connectivity index (χ3n) is 9.82. The SMILES string of the molecule is CC(F)(c1ccc2c(c1)CC[C@H]1N(C(=O)[C@H]3CC[C@](C)(C(=O)O)CC3)CC[C@@]21Cc1ccccc1)C(F)(F)F. The number of alkyl halides is 4. The molecule has 2 aromatic rings. The van der Waals surface area contributed by atoms with Crippen LogP contribution in [-0.2, 0) is 33.5 Å². The summed E-state index contributed by atoms with van der Waals surface area (Å²) >= 11 is 0. The molecule has 5 rings (SSSR count). The molecule has 4 nitrogen and oxygen atoms in total. The Kier molecular flexibility index (Phi) is 6.83. The molecule has 39 heavy (non-hydrogen) atoms. The van der Waals surface area contributed by atoms with Gasteiger partial charge in [-0.15, -0.1) is 0 Å². The van der Waals surface area contributed by atoms with Crippen LogP contribution in [0, 0.1) is 11.3 Å². The number of aliphatic carboxylic acids is 1. The highest BCUT2D eigenvalue weighted by Gasteiger charge is 2.56. The number of carbonyl (C=O) groups excluding carboxylic acids is 1. The van der Waals surface area contributed by atoms with E-state index >= 15 is 0 Å². The molecule has 2 aliphatic carbocycles. The third kappa shape index (κ3) is 4.63. The number of aryl methyl sites for hydroxylation is 1. The number of halogens is 4. The van der Waals surface area contributed by atoms with Crippen molar-refractivity contribution in [3.63, 3.8) is 0 Å². The fraction of sp³-hybridized carbons (Fsp3) is 0.548. The minimum absolute atomic E-state index is 0.0517. The zero-order valence-electron chi connectivity index (χ0n) is 22.4. The van der Waals surface area contributed by atoms with Crippen LogP contribution in [0.2, 0.25) is 0 Å². The van der Waals surface area contributed by atoms with E-state index in [0.717, 1.165) is 16.7 Å². The molecule has 1 unspecified atom stereocenters. The van der Waals surface area contributed by atoms with Gasteiger partial charge in [0.1, 0.15) is 0 Å². The molecular weight excluding hydrogens is 510 g/mol. The lowest BCUT2D eigenvalue weighted by Crippen LogP contribution is -2.51. The van der Waals surface area contributed by atoms with E-state index in [-0.39, 0.29) is 17.9 Å². The molecule has 2 fully saturated rings. The molecule has 0 spiro atoms. The van der Waals surface area contributed by atoms with Crippen LogP contribution < -0.4 is 0 Å². The summed E-state index contributed by atoms with van der Waals surface area (Å²) in [4.78, 5) is 27.5. The summed E-state index contributed by atoms with van der Waals surface area (Å²) in [5.41, 5.74) is -2.43. The van der Waals surface area contributed by atoms with Crippen LogP contribution in [0.25, 0.3) is 0 Å². The summed E-state index contributed by atoms with van der Waals surface area (Å²) in [6, 6.07) is 14.0. The Morgan fingerprint density at radius 1 is 1.00 bits per heavy atom. The minimum atomic E-state index is -5.02. The average Bonchev–Trinajstić information content (AvgIpc) is 3.27. The van der Waals surface area contributed by atoms with Gasteiger partial charge >= 0.3 is 12.1 Å². The first-order valence-corrected chi connectivity index (χ1v) is 13.8. The molecule has 0 aromatic heterocycles. The molecular formula is C31H35F4NO3. The highest BCUT2D eigenvalue weighted by Crippen LogP contribution is 2.52. The molecule has 1 aliphatic heterocycles. The number of fused-ring (bicyclic) bond motifs is 3. The van der Waals surface area contributed by atoms with E-state index in [4.69, 9.17) is 0 Å². The second kappa shape index (κ2) is 9.63. The molecule has 3 aliphatic rings. The van der Waals surface area contributed by atoms with Crippen molar-refractivity contribution in [2.24, 2.45) is 11.3 Å². The van der Waals surface area contributed by atoms with Gasteiger partial charge in [0.2, 0.25) is 11.6 Å². The summed E-state index contributed by atoms with van der Waals surface area (Å²) in [7, 11) is 0. The normalized spacial score (nSPS) is 30.3. The van der Waals surface area contributed by atoms with Crippen LogP contribution in [0.3, 0.4) is 0 Å². The van der Waals surface area contributed by atoms with Crippen molar-refractivity contribution in [3.8, 4) is 0 Å². The molecule has 3 atom stereocenters. The van der Waals surface area contributed by atoms with Gasteiger partial charge in [0.25, 0.3) is 0 Å². The number of amides is 1. The highest BCUT2D eigenvalue weighted by molar-refractivity contribution is 5.81. The lowest BCUT2D eigenvalue weighted by atomic mass is 9.63. The van der Waals surface area contributed by atoms with Crippen LogP contribution in [0.4, 0.5) is 17.6 Å². The molecule has 1 saturated carbocycles. The Hall–Kier alpha value is -2.90. The van der Waals surface area contributed by atoms with Crippen molar-refractivity contribution in [2.45, 2.75) is 88.5 Å². The standard InChI is InChI=1S/C31H35F4NO3/c1-28(27(38)39)14-12-21(13-15-28)26(37)36-17-16-30(19-20-6-4-3-5-7-20)24-10-9-23(29(2,32)31(33,34)35)18-22(24)8-11-25(30)36/h3-7,9-10,18,21,25H,8,11-17,19H2,1-2H3,(H,38,39)/t21-,25-,28-,29?,30-/m1/s1. The number of carboxylic acid groups (broad SMARTS) is 1. The molecule has 0 radical (unpaired) electrons. The van der Waals surface area contributed by atoms with Gasteiger partial charge < -0.3 is 10.0 Å². The molecule has 2 aromatic carbocycles. The maximum absolute atomic E-state index is 14.9. The second-order valence-corrected chi connectivity index (χ2v) is 12.2. The molecule has 1 amide bonds. The van der Waals surface area contributed by atoms with Gasteiger partial charge in [-0.05, 0) is 87.5 Å². The lowest BCUT2D eigenvalue weighted by Gasteiger charge is -2.45. The lowest BCUT2D eigenvalue weighted by molar-refractivity contribution is -0.228. The van der Waals surface area contributed by atoms with Gasteiger partial charge in [0.15, 0.2) is 0 Å². The number of hydrogen-bond acceptors (Lipinski definition) is 2. The summed E-state index contributed by atoms with van der Waals surface area (Å²) in [5.74, 6) is -1.00. The molecule has 0 bridgehead atoms. The Morgan fingerprint density at radius 3 is 2.28 bits per heavy atom. The zero-order chi connectivity index (χ0) is 28.2. The van der Waals surface area contributed by atoms with Crippen molar-refractivity contribution >= 4 is 11.9 Å². The van der Waals surface area contributed by atoms with Gasteiger partial charge in [0.05, 0.1) is 5.41 Å². The van der Waals surface area contributed by atoms with E-state index in [0.29, 0.717) is 64.8 Å². The third-order valence-corrected chi connectivity index (χ3v) is 9.82. The van der Waals surface area contributed by atoms with E-state index in [1.807, 2.05) is 35.2 Å². The molecule has 8 heteroatoms. The Bertz CT molecular complexity index is 1250. The van der Waals surface area contributed by atoms with E-state index in [1.54, 1.807) is 13.0 Å². The van der Waals surface area contributed by atoms with E-state index in [9.17, 15) is 32.3 Å². The number of hydrogen-bond donors (Lipinski definition) is 1. The summed E-state index contributed by atoms with van der Waals surface area (Å²) in [5, 5.41) is 9.59. The monoisotopic (exact) mass is 545 g/mol. The van der Waals surface area contributed by atoms with E-state index in [2.05, 4.69) is 0 Å². The summed E-state index contributed by atoms with van der Waals surface area (Å²) in [6.07, 6.45) is -0.704. The second-order valence-electron chi connectivity index (χ2n) is 12.2. The van der Waals surface area contributed by atoms with E-state index < -0.39 is 34.2 Å². The first-order valence-electron chi connectivity index (χ1n) is 13.8. The maximum atomic E-state index is 14.9. The molecule has 210 valence electrons. The fourth-order valence-corrected chi connectivity index (χ4v) is 7.20. The Morgan fingerprint density at radius 2 is 1.67 bits per heavy atom. The predicted octanol–water partition coefficient (Wildman–Crippen LogP) is 6.74. The van der Waals surface area contributed by atoms with Crippen LogP contribution in [0.5, 0.6) is 0 Å². The Balaban J connectivity index is 1.48. The van der Waals surface area contributed by atoms with Crippen molar-refractivity contribution in [3.05, 3.63) is 70.8 Å². The highest BCUT2D eigenvalue weighted by atomic mass is 19.4.